The molecule has 1 fully saturated rings. The van der Waals surface area contributed by atoms with Crippen LogP contribution in [0.1, 0.15) is 18.4 Å². The Morgan fingerprint density at radius 1 is 1.13 bits per heavy atom. The summed E-state index contributed by atoms with van der Waals surface area (Å²) in [7, 11) is -2.05. The van der Waals surface area contributed by atoms with E-state index in [0.717, 1.165) is 36.3 Å². The van der Waals surface area contributed by atoms with Gasteiger partial charge in [0.2, 0.25) is 10.0 Å². The van der Waals surface area contributed by atoms with E-state index in [1.807, 2.05) is 24.3 Å². The van der Waals surface area contributed by atoms with E-state index < -0.39 is 15.8 Å². The monoisotopic (exact) mass is 335 g/mol. The van der Waals surface area contributed by atoms with Crippen LogP contribution in [0.2, 0.25) is 0 Å². The van der Waals surface area contributed by atoms with E-state index in [2.05, 4.69) is 4.72 Å². The second-order valence-corrected chi connectivity index (χ2v) is 7.53. The van der Waals surface area contributed by atoms with Crippen LogP contribution >= 0.6 is 0 Å². The molecule has 1 saturated carbocycles. The minimum atomic E-state index is -3.66. The van der Waals surface area contributed by atoms with Gasteiger partial charge in [-0.1, -0.05) is 18.2 Å². The Morgan fingerprint density at radius 3 is 2.39 bits per heavy atom. The molecule has 2 aromatic rings. The molecule has 1 aliphatic carbocycles. The van der Waals surface area contributed by atoms with E-state index in [9.17, 15) is 12.8 Å². The summed E-state index contributed by atoms with van der Waals surface area (Å²) in [4.78, 5) is 0.0646. The quantitative estimate of drug-likeness (QED) is 0.883. The van der Waals surface area contributed by atoms with Gasteiger partial charge in [0.05, 0.1) is 12.0 Å². The summed E-state index contributed by atoms with van der Waals surface area (Å²) in [5.74, 6) is 0.308. The number of hydrogen-bond acceptors (Lipinski definition) is 3. The summed E-state index contributed by atoms with van der Waals surface area (Å²) in [6.07, 6.45) is 1.80. The molecule has 0 bridgehead atoms. The molecule has 0 spiro atoms. The molecule has 0 saturated heterocycles. The lowest BCUT2D eigenvalue weighted by Crippen LogP contribution is -2.32. The SMILES string of the molecule is COc1ccccc1C1(CNS(=O)(=O)c2ccc(F)cc2)CC1. The minimum absolute atomic E-state index is 0.0646. The third kappa shape index (κ3) is 3.23. The summed E-state index contributed by atoms with van der Waals surface area (Å²) in [5, 5.41) is 0. The highest BCUT2D eigenvalue weighted by Crippen LogP contribution is 2.50. The second kappa shape index (κ2) is 5.94. The van der Waals surface area contributed by atoms with Crippen LogP contribution in [-0.2, 0) is 15.4 Å². The molecule has 0 heterocycles. The first-order valence-electron chi connectivity index (χ1n) is 7.36. The largest absolute Gasteiger partial charge is 0.496 e. The topological polar surface area (TPSA) is 55.4 Å². The number of sulfonamides is 1. The molecule has 0 atom stereocenters. The number of ether oxygens (including phenoxy) is 1. The molecule has 0 radical (unpaired) electrons. The number of methoxy groups -OCH3 is 1. The predicted octanol–water partition coefficient (Wildman–Crippen LogP) is 2.84. The van der Waals surface area contributed by atoms with Crippen molar-refractivity contribution in [3.05, 3.63) is 59.9 Å². The maximum Gasteiger partial charge on any atom is 0.240 e. The number of hydrogen-bond donors (Lipinski definition) is 1. The van der Waals surface area contributed by atoms with Gasteiger partial charge in [-0.05, 0) is 43.2 Å². The molecule has 1 aliphatic rings. The molecular formula is C17H18FNO3S. The highest BCUT2D eigenvalue weighted by atomic mass is 32.2. The van der Waals surface area contributed by atoms with Crippen molar-refractivity contribution in [2.24, 2.45) is 0 Å². The molecule has 6 heteroatoms. The van der Waals surface area contributed by atoms with E-state index in [-0.39, 0.29) is 10.3 Å². The van der Waals surface area contributed by atoms with Gasteiger partial charge < -0.3 is 4.74 Å². The Hall–Kier alpha value is -1.92. The van der Waals surface area contributed by atoms with Gasteiger partial charge in [0.1, 0.15) is 11.6 Å². The van der Waals surface area contributed by atoms with Crippen LogP contribution in [0.15, 0.2) is 53.4 Å². The normalized spacial score (nSPS) is 16.1. The average Bonchev–Trinajstić information content (AvgIpc) is 3.35. The van der Waals surface area contributed by atoms with Crippen molar-refractivity contribution >= 4 is 10.0 Å². The lowest BCUT2D eigenvalue weighted by molar-refractivity contribution is 0.403. The Kier molecular flexibility index (Phi) is 4.12. The van der Waals surface area contributed by atoms with Crippen molar-refractivity contribution in [1.29, 1.82) is 0 Å². The molecule has 23 heavy (non-hydrogen) atoms. The van der Waals surface area contributed by atoms with Crippen molar-refractivity contribution in [3.8, 4) is 5.75 Å². The smallest absolute Gasteiger partial charge is 0.240 e. The van der Waals surface area contributed by atoms with Crippen molar-refractivity contribution < 1.29 is 17.5 Å². The Labute approximate surface area is 135 Å². The van der Waals surface area contributed by atoms with Crippen LogP contribution in [0, 0.1) is 5.82 Å². The first kappa shape index (κ1) is 16.0. The first-order valence-corrected chi connectivity index (χ1v) is 8.84. The lowest BCUT2D eigenvalue weighted by atomic mass is 9.95. The van der Waals surface area contributed by atoms with E-state index in [4.69, 9.17) is 4.74 Å². The average molecular weight is 335 g/mol. The van der Waals surface area contributed by atoms with Gasteiger partial charge in [0, 0.05) is 17.5 Å². The van der Waals surface area contributed by atoms with Gasteiger partial charge >= 0.3 is 0 Å². The van der Waals surface area contributed by atoms with Crippen LogP contribution in [0.4, 0.5) is 4.39 Å². The fraction of sp³-hybridized carbons (Fsp3) is 0.294. The van der Waals surface area contributed by atoms with Crippen LogP contribution in [0.3, 0.4) is 0 Å². The van der Waals surface area contributed by atoms with E-state index in [1.54, 1.807) is 7.11 Å². The maximum absolute atomic E-state index is 12.9. The van der Waals surface area contributed by atoms with E-state index >= 15 is 0 Å². The summed E-state index contributed by atoms with van der Waals surface area (Å²) in [6, 6.07) is 12.5. The zero-order valence-corrected chi connectivity index (χ0v) is 13.6. The lowest BCUT2D eigenvalue weighted by Gasteiger charge is -2.19. The molecule has 0 amide bonds. The van der Waals surface area contributed by atoms with Crippen LogP contribution in [0.25, 0.3) is 0 Å². The zero-order chi connectivity index (χ0) is 16.5. The van der Waals surface area contributed by atoms with E-state index in [1.165, 1.54) is 12.1 Å². The fourth-order valence-electron chi connectivity index (χ4n) is 2.71. The summed E-state index contributed by atoms with van der Waals surface area (Å²) < 4.78 is 45.6. The summed E-state index contributed by atoms with van der Waals surface area (Å²) >= 11 is 0. The van der Waals surface area contributed by atoms with Gasteiger partial charge in [-0.25, -0.2) is 17.5 Å². The van der Waals surface area contributed by atoms with Gasteiger partial charge in [-0.2, -0.15) is 0 Å². The van der Waals surface area contributed by atoms with Gasteiger partial charge in [0.15, 0.2) is 0 Å². The fourth-order valence-corrected chi connectivity index (χ4v) is 3.83. The van der Waals surface area contributed by atoms with Gasteiger partial charge in [-0.3, -0.25) is 0 Å². The van der Waals surface area contributed by atoms with Crippen molar-refractivity contribution in [2.75, 3.05) is 13.7 Å². The Balaban J connectivity index is 1.78. The van der Waals surface area contributed by atoms with Crippen molar-refractivity contribution in [2.45, 2.75) is 23.2 Å². The molecule has 4 nitrogen and oxygen atoms in total. The van der Waals surface area contributed by atoms with Gasteiger partial charge in [-0.15, -0.1) is 0 Å². The molecule has 0 aliphatic heterocycles. The molecule has 2 aromatic carbocycles. The second-order valence-electron chi connectivity index (χ2n) is 5.76. The highest BCUT2D eigenvalue weighted by Gasteiger charge is 2.46. The van der Waals surface area contributed by atoms with Crippen molar-refractivity contribution in [3.63, 3.8) is 0 Å². The number of nitrogens with one attached hydrogen (secondary N) is 1. The number of benzene rings is 2. The number of halogens is 1. The standard InChI is InChI=1S/C17H18FNO3S/c1-22-16-5-3-2-4-15(16)17(10-11-17)12-19-23(20,21)14-8-6-13(18)7-9-14/h2-9,19H,10-12H2,1H3. The maximum atomic E-state index is 12.9. The first-order chi connectivity index (χ1) is 11.0. The zero-order valence-electron chi connectivity index (χ0n) is 12.8. The Morgan fingerprint density at radius 2 is 1.78 bits per heavy atom. The molecule has 3 rings (SSSR count). The summed E-state index contributed by atoms with van der Waals surface area (Å²) in [6.45, 7) is 0.299. The molecular weight excluding hydrogens is 317 g/mol. The number of para-hydroxylation sites is 1. The predicted molar refractivity (Wildman–Crippen MR) is 85.5 cm³/mol. The third-order valence-electron chi connectivity index (χ3n) is 4.26. The highest BCUT2D eigenvalue weighted by molar-refractivity contribution is 7.89. The molecule has 0 aromatic heterocycles. The van der Waals surface area contributed by atoms with Crippen LogP contribution < -0.4 is 9.46 Å². The summed E-state index contributed by atoms with van der Waals surface area (Å²) in [5.41, 5.74) is 0.795. The van der Waals surface area contributed by atoms with Crippen LogP contribution in [0.5, 0.6) is 5.75 Å². The molecule has 0 unspecified atom stereocenters. The van der Waals surface area contributed by atoms with Gasteiger partial charge in [0.25, 0.3) is 0 Å². The van der Waals surface area contributed by atoms with Crippen molar-refractivity contribution in [1.82, 2.24) is 4.72 Å². The molecule has 122 valence electrons. The van der Waals surface area contributed by atoms with Crippen LogP contribution in [-0.4, -0.2) is 22.1 Å². The Bertz CT molecular complexity index is 799. The van der Waals surface area contributed by atoms with E-state index in [0.29, 0.717) is 6.54 Å². The number of rotatable bonds is 6. The third-order valence-corrected chi connectivity index (χ3v) is 5.67. The minimum Gasteiger partial charge on any atom is -0.496 e. The molecule has 1 N–H and O–H groups in total.